The molecule has 0 saturated carbocycles. The molecule has 2 aliphatic heterocycles. The highest BCUT2D eigenvalue weighted by atomic mass is 32.1. The molecule has 3 aromatic rings. The Morgan fingerprint density at radius 1 is 1.00 bits per heavy atom. The van der Waals surface area contributed by atoms with Gasteiger partial charge in [0.15, 0.2) is 5.13 Å². The summed E-state index contributed by atoms with van der Waals surface area (Å²) in [5.41, 5.74) is 6.73. The number of amides is 2. The minimum atomic E-state index is -4.48. The Bertz CT molecular complexity index is 1520. The highest BCUT2D eigenvalue weighted by Gasteiger charge is 2.37. The fourth-order valence-corrected chi connectivity index (χ4v) is 6.30. The van der Waals surface area contributed by atoms with Crippen LogP contribution in [-0.4, -0.2) is 65.3 Å². The number of urea groups is 1. The van der Waals surface area contributed by atoms with Crippen molar-refractivity contribution in [2.75, 3.05) is 54.9 Å². The van der Waals surface area contributed by atoms with Crippen LogP contribution in [0, 0.1) is 0 Å². The number of carbonyl (C=O) groups excluding carboxylic acids is 1. The Balaban J connectivity index is 1.27. The number of halogens is 4. The van der Waals surface area contributed by atoms with Crippen molar-refractivity contribution in [3.8, 4) is 11.4 Å². The first-order chi connectivity index (χ1) is 19.7. The van der Waals surface area contributed by atoms with Gasteiger partial charge in [-0.1, -0.05) is 6.08 Å². The molecule has 9 nitrogen and oxygen atoms in total. The van der Waals surface area contributed by atoms with Gasteiger partial charge in [-0.15, -0.1) is 11.3 Å². The van der Waals surface area contributed by atoms with Crippen LogP contribution in [0.3, 0.4) is 0 Å². The number of nitrogen functional groups attached to an aromatic ring is 1. The van der Waals surface area contributed by atoms with Crippen LogP contribution < -0.4 is 15.5 Å². The number of carbonyl (C=O) groups is 1. The minimum absolute atomic E-state index is 0.103. The van der Waals surface area contributed by atoms with Crippen LogP contribution in [0.4, 0.5) is 39.1 Å². The van der Waals surface area contributed by atoms with Crippen LogP contribution in [0.2, 0.25) is 0 Å². The predicted molar refractivity (Wildman–Crippen MR) is 146 cm³/mol. The smallest absolute Gasteiger partial charge is 0.378 e. The molecule has 1 unspecified atom stereocenters. The molecule has 0 spiro atoms. The number of alkyl halides is 3. The molecule has 2 aromatic heterocycles. The van der Waals surface area contributed by atoms with Gasteiger partial charge in [-0.05, 0) is 36.4 Å². The average Bonchev–Trinajstić information content (AvgIpc) is 3.58. The van der Waals surface area contributed by atoms with Crippen molar-refractivity contribution in [2.45, 2.75) is 18.5 Å². The fraction of sp³-hybridized carbons (Fsp3) is 0.333. The summed E-state index contributed by atoms with van der Waals surface area (Å²) in [5.74, 6) is -0.739. The van der Waals surface area contributed by atoms with E-state index in [0.29, 0.717) is 43.4 Å². The summed E-state index contributed by atoms with van der Waals surface area (Å²) < 4.78 is 59.7. The molecule has 1 aromatic carbocycles. The monoisotopic (exact) mass is 587 g/mol. The first-order valence-electron chi connectivity index (χ1n) is 12.9. The Morgan fingerprint density at radius 3 is 2.44 bits per heavy atom. The highest BCUT2D eigenvalue weighted by molar-refractivity contribution is 7.16. The Labute approximate surface area is 236 Å². The first kappa shape index (κ1) is 27.1. The van der Waals surface area contributed by atoms with E-state index in [-0.39, 0.29) is 37.1 Å². The molecule has 2 N–H and O–H groups in total. The van der Waals surface area contributed by atoms with Crippen LogP contribution in [0.5, 0.6) is 0 Å². The molecule has 4 heterocycles. The van der Waals surface area contributed by atoms with Crippen LogP contribution in [0.1, 0.15) is 22.8 Å². The number of hydrogen-bond donors (Lipinski definition) is 1. The molecule has 2 saturated heterocycles. The maximum Gasteiger partial charge on any atom is 0.416 e. The van der Waals surface area contributed by atoms with Gasteiger partial charge in [0.05, 0.1) is 30.2 Å². The quantitative estimate of drug-likeness (QED) is 0.410. The van der Waals surface area contributed by atoms with E-state index in [1.54, 1.807) is 18.3 Å². The first-order valence-corrected chi connectivity index (χ1v) is 13.8. The third-order valence-corrected chi connectivity index (χ3v) is 8.43. The molecule has 2 amide bonds. The molecule has 3 aliphatic rings. The maximum atomic E-state index is 15.2. The van der Waals surface area contributed by atoms with Crippen molar-refractivity contribution in [1.82, 2.24) is 19.9 Å². The third-order valence-electron chi connectivity index (χ3n) is 7.18. The Kier molecular flexibility index (Phi) is 7.11. The lowest BCUT2D eigenvalue weighted by atomic mass is 9.94. The zero-order chi connectivity index (χ0) is 28.7. The number of thiazole rings is 1. The normalized spacial score (nSPS) is 20.0. The topological polar surface area (TPSA) is 101 Å². The Hall–Kier alpha value is -4.04. The summed E-state index contributed by atoms with van der Waals surface area (Å²) in [4.78, 5) is 32.3. The largest absolute Gasteiger partial charge is 0.416 e. The van der Waals surface area contributed by atoms with Crippen LogP contribution in [0.15, 0.2) is 60.2 Å². The summed E-state index contributed by atoms with van der Waals surface area (Å²) in [6.45, 7) is 2.93. The van der Waals surface area contributed by atoms with Crippen molar-refractivity contribution in [2.24, 2.45) is 0 Å². The van der Waals surface area contributed by atoms with Gasteiger partial charge in [-0.3, -0.25) is 9.80 Å². The van der Waals surface area contributed by atoms with Crippen molar-refractivity contribution in [3.05, 3.63) is 70.6 Å². The van der Waals surface area contributed by atoms with Gasteiger partial charge in [-0.2, -0.15) is 13.2 Å². The van der Waals surface area contributed by atoms with Crippen molar-refractivity contribution in [1.29, 1.82) is 0 Å². The van der Waals surface area contributed by atoms with Crippen molar-refractivity contribution >= 4 is 34.1 Å². The summed E-state index contributed by atoms with van der Waals surface area (Å²) in [6.07, 6.45) is 0.357. The number of allylic oxidation sites excluding steroid dienone is 4. The van der Waals surface area contributed by atoms with E-state index in [4.69, 9.17) is 15.5 Å². The number of hydrogen-bond acceptors (Lipinski definition) is 8. The van der Waals surface area contributed by atoms with Gasteiger partial charge in [0.2, 0.25) is 5.95 Å². The van der Waals surface area contributed by atoms with Gasteiger partial charge >= 0.3 is 12.2 Å². The van der Waals surface area contributed by atoms with Crippen LogP contribution in [0.25, 0.3) is 11.4 Å². The van der Waals surface area contributed by atoms with E-state index in [0.717, 1.165) is 22.1 Å². The second-order valence-corrected chi connectivity index (χ2v) is 10.7. The van der Waals surface area contributed by atoms with Gasteiger partial charge in [-0.25, -0.2) is 24.1 Å². The summed E-state index contributed by atoms with van der Waals surface area (Å²) in [5, 5.41) is 0.784. The summed E-state index contributed by atoms with van der Waals surface area (Å²) in [7, 11) is 0. The second kappa shape index (κ2) is 10.7. The predicted octanol–water partition coefficient (Wildman–Crippen LogP) is 5.20. The van der Waals surface area contributed by atoms with E-state index in [1.165, 1.54) is 39.3 Å². The molecule has 0 bridgehead atoms. The summed E-state index contributed by atoms with van der Waals surface area (Å²) in [6, 6.07) is 5.59. The molecule has 1 aliphatic carbocycles. The van der Waals surface area contributed by atoms with Gasteiger partial charge in [0.25, 0.3) is 0 Å². The number of rotatable bonds is 5. The molecular formula is C27H25F4N7O2S. The average molecular weight is 588 g/mol. The number of benzene rings is 1. The molecule has 6 rings (SSSR count). The molecule has 1 atom stereocenters. The molecular weight excluding hydrogens is 562 g/mol. The second-order valence-electron chi connectivity index (χ2n) is 9.70. The van der Waals surface area contributed by atoms with E-state index >= 15 is 4.39 Å². The van der Waals surface area contributed by atoms with Crippen LogP contribution >= 0.6 is 11.3 Å². The number of nitrogens with zero attached hydrogens (tertiary/aromatic N) is 6. The zero-order valence-electron chi connectivity index (χ0n) is 21.6. The molecule has 214 valence electrons. The SMILES string of the molecule is Nc1nccc(-c2nc(N3CCOCC3)sc2C2C=CC(F)=C(N3CCN(c4ccc(C(F)(F)F)cc4)C3=O)C2)n1. The molecule has 2 fully saturated rings. The van der Waals surface area contributed by atoms with E-state index in [2.05, 4.69) is 14.9 Å². The van der Waals surface area contributed by atoms with E-state index in [9.17, 15) is 18.0 Å². The lowest BCUT2D eigenvalue weighted by Crippen LogP contribution is -2.36. The zero-order valence-corrected chi connectivity index (χ0v) is 22.5. The van der Waals surface area contributed by atoms with Crippen LogP contribution in [-0.2, 0) is 10.9 Å². The number of nitrogens with two attached hydrogens (primary N) is 1. The maximum absolute atomic E-state index is 15.2. The van der Waals surface area contributed by atoms with Gasteiger partial charge in [0, 0.05) is 55.3 Å². The Morgan fingerprint density at radius 2 is 1.73 bits per heavy atom. The number of ether oxygens (including phenoxy) is 1. The van der Waals surface area contributed by atoms with Crippen molar-refractivity contribution in [3.63, 3.8) is 0 Å². The number of morpholine rings is 1. The van der Waals surface area contributed by atoms with Crippen molar-refractivity contribution < 1.29 is 27.1 Å². The fourth-order valence-electron chi connectivity index (χ4n) is 5.10. The minimum Gasteiger partial charge on any atom is -0.378 e. The summed E-state index contributed by atoms with van der Waals surface area (Å²) >= 11 is 1.48. The number of anilines is 3. The molecule has 41 heavy (non-hydrogen) atoms. The van der Waals surface area contributed by atoms with E-state index < -0.39 is 23.6 Å². The molecule has 14 heteroatoms. The molecule has 0 radical (unpaired) electrons. The standard InChI is InChI=1S/C27H25F4N7O2S/c28-19-6-1-16(15-21(19)38-10-9-37(26(38)39)18-4-2-17(3-5-18)27(29,30)31)23-22(20-7-8-33-24(32)34-20)35-25(41-23)36-11-13-40-14-12-36/h1-8,16H,9-15H2,(H2,32,33,34). The lowest BCUT2D eigenvalue weighted by molar-refractivity contribution is -0.137. The number of aromatic nitrogens is 3. The highest BCUT2D eigenvalue weighted by Crippen LogP contribution is 2.44. The van der Waals surface area contributed by atoms with Gasteiger partial charge in [0.1, 0.15) is 11.5 Å². The van der Waals surface area contributed by atoms with E-state index in [1.807, 2.05) is 0 Å². The lowest BCUT2D eigenvalue weighted by Gasteiger charge is -2.27. The van der Waals surface area contributed by atoms with Gasteiger partial charge < -0.3 is 15.4 Å². The third kappa shape index (κ3) is 5.36.